The van der Waals surface area contributed by atoms with E-state index in [-0.39, 0.29) is 6.10 Å². The lowest BCUT2D eigenvalue weighted by atomic mass is 10.2. The zero-order chi connectivity index (χ0) is 15.6. The molecule has 0 aliphatic carbocycles. The molecule has 2 rings (SSSR count). The second kappa shape index (κ2) is 9.90. The fourth-order valence-corrected chi connectivity index (χ4v) is 2.69. The minimum Gasteiger partial charge on any atom is -0.389 e. The van der Waals surface area contributed by atoms with Crippen LogP contribution in [0.15, 0.2) is 24.5 Å². The molecule has 5 nitrogen and oxygen atoms in total. The molecule has 1 atom stereocenters. The smallest absolute Gasteiger partial charge is 0.0900 e. The lowest BCUT2D eigenvalue weighted by Gasteiger charge is -2.35. The van der Waals surface area contributed by atoms with Crippen LogP contribution in [0.3, 0.4) is 0 Å². The van der Waals surface area contributed by atoms with Crippen molar-refractivity contribution >= 4 is 0 Å². The van der Waals surface area contributed by atoms with Gasteiger partial charge in [-0.25, -0.2) is 0 Å². The highest BCUT2D eigenvalue weighted by Gasteiger charge is 2.19. The number of ether oxygens (including phenoxy) is 1. The van der Waals surface area contributed by atoms with Gasteiger partial charge in [0.2, 0.25) is 0 Å². The molecule has 1 N–H and O–H groups in total. The Morgan fingerprint density at radius 2 is 1.86 bits per heavy atom. The minimum absolute atomic E-state index is 0.372. The average Bonchev–Trinajstić information content (AvgIpc) is 2.54. The number of aromatic nitrogens is 1. The SMILES string of the molecule is CCCCOCC(O)CN1CCN(Cc2ccncc2)CC1. The highest BCUT2D eigenvalue weighted by Crippen LogP contribution is 2.08. The van der Waals surface area contributed by atoms with E-state index >= 15 is 0 Å². The third-order valence-corrected chi connectivity index (χ3v) is 4.04. The molecule has 5 heteroatoms. The summed E-state index contributed by atoms with van der Waals surface area (Å²) in [6.07, 6.45) is 5.53. The van der Waals surface area contributed by atoms with Gasteiger partial charge in [-0.1, -0.05) is 13.3 Å². The molecule has 0 radical (unpaired) electrons. The fourth-order valence-electron chi connectivity index (χ4n) is 2.69. The molecule has 0 saturated carbocycles. The van der Waals surface area contributed by atoms with Crippen molar-refractivity contribution in [2.45, 2.75) is 32.4 Å². The summed E-state index contributed by atoms with van der Waals surface area (Å²) in [6.45, 7) is 9.18. The number of β-amino-alcohol motifs (C(OH)–C–C–N with tert-alkyl or cyclic N) is 1. The number of hydrogen-bond acceptors (Lipinski definition) is 5. The molecule has 1 aliphatic rings. The van der Waals surface area contributed by atoms with Crippen molar-refractivity contribution in [2.24, 2.45) is 0 Å². The highest BCUT2D eigenvalue weighted by molar-refractivity contribution is 5.09. The first-order chi connectivity index (χ1) is 10.8. The Labute approximate surface area is 133 Å². The Morgan fingerprint density at radius 3 is 2.55 bits per heavy atom. The molecule has 1 aromatic rings. The van der Waals surface area contributed by atoms with E-state index in [1.165, 1.54) is 5.56 Å². The summed E-state index contributed by atoms with van der Waals surface area (Å²) in [6, 6.07) is 4.15. The Kier molecular flexibility index (Phi) is 7.80. The van der Waals surface area contributed by atoms with E-state index in [2.05, 4.69) is 33.8 Å². The summed E-state index contributed by atoms with van der Waals surface area (Å²) in [7, 11) is 0. The van der Waals surface area contributed by atoms with Gasteiger partial charge in [-0.15, -0.1) is 0 Å². The summed E-state index contributed by atoms with van der Waals surface area (Å²) in [5.41, 5.74) is 1.31. The van der Waals surface area contributed by atoms with Crippen LogP contribution >= 0.6 is 0 Å². The van der Waals surface area contributed by atoms with Gasteiger partial charge in [-0.3, -0.25) is 14.8 Å². The fraction of sp³-hybridized carbons (Fsp3) is 0.706. The summed E-state index contributed by atoms with van der Waals surface area (Å²) in [5, 5.41) is 10.0. The van der Waals surface area contributed by atoms with E-state index in [0.717, 1.165) is 58.7 Å². The van der Waals surface area contributed by atoms with Crippen molar-refractivity contribution in [3.05, 3.63) is 30.1 Å². The maximum Gasteiger partial charge on any atom is 0.0900 e. The predicted molar refractivity (Wildman–Crippen MR) is 87.7 cm³/mol. The lowest BCUT2D eigenvalue weighted by Crippen LogP contribution is -2.48. The Hall–Kier alpha value is -1.01. The monoisotopic (exact) mass is 307 g/mol. The molecule has 1 aromatic heterocycles. The first-order valence-electron chi connectivity index (χ1n) is 8.37. The molecule has 2 heterocycles. The Morgan fingerprint density at radius 1 is 1.18 bits per heavy atom. The van der Waals surface area contributed by atoms with E-state index < -0.39 is 0 Å². The van der Waals surface area contributed by atoms with Crippen molar-refractivity contribution in [2.75, 3.05) is 45.9 Å². The number of pyridine rings is 1. The van der Waals surface area contributed by atoms with E-state index in [9.17, 15) is 5.11 Å². The van der Waals surface area contributed by atoms with Crippen molar-refractivity contribution in [1.29, 1.82) is 0 Å². The molecule has 1 saturated heterocycles. The van der Waals surface area contributed by atoms with Crippen LogP contribution in [-0.2, 0) is 11.3 Å². The van der Waals surface area contributed by atoms with Gasteiger partial charge in [0.15, 0.2) is 0 Å². The van der Waals surface area contributed by atoms with Gasteiger partial charge in [-0.2, -0.15) is 0 Å². The number of aliphatic hydroxyl groups excluding tert-OH is 1. The lowest BCUT2D eigenvalue weighted by molar-refractivity contribution is 0.00588. The van der Waals surface area contributed by atoms with Crippen LogP contribution < -0.4 is 0 Å². The quantitative estimate of drug-likeness (QED) is 0.699. The summed E-state index contributed by atoms with van der Waals surface area (Å²) < 4.78 is 5.48. The van der Waals surface area contributed by atoms with Gasteiger partial charge < -0.3 is 9.84 Å². The summed E-state index contributed by atoms with van der Waals surface area (Å²) >= 11 is 0. The van der Waals surface area contributed by atoms with Crippen LogP contribution in [0.1, 0.15) is 25.3 Å². The molecule has 0 bridgehead atoms. The molecule has 1 unspecified atom stereocenters. The number of nitrogens with zero attached hydrogens (tertiary/aromatic N) is 3. The van der Waals surface area contributed by atoms with Crippen LogP contribution in [0.4, 0.5) is 0 Å². The molecule has 1 aliphatic heterocycles. The van der Waals surface area contributed by atoms with Gasteiger partial charge in [0, 0.05) is 58.3 Å². The third kappa shape index (κ3) is 6.40. The molecule has 0 aromatic carbocycles. The molecular formula is C17H29N3O2. The van der Waals surface area contributed by atoms with Crippen LogP contribution in [0, 0.1) is 0 Å². The minimum atomic E-state index is -0.372. The first kappa shape index (κ1) is 17.3. The summed E-state index contributed by atoms with van der Waals surface area (Å²) in [5.74, 6) is 0. The second-order valence-electron chi connectivity index (χ2n) is 6.01. The maximum absolute atomic E-state index is 10.0. The standard InChI is InChI=1S/C17H29N3O2/c1-2-3-12-22-15-17(21)14-20-10-8-19(9-11-20)13-16-4-6-18-7-5-16/h4-7,17,21H,2-3,8-15H2,1H3. The normalized spacial score (nSPS) is 18.5. The van der Waals surface area contributed by atoms with E-state index in [0.29, 0.717) is 6.61 Å². The van der Waals surface area contributed by atoms with Crippen LogP contribution in [0.5, 0.6) is 0 Å². The van der Waals surface area contributed by atoms with Gasteiger partial charge in [0.05, 0.1) is 12.7 Å². The van der Waals surface area contributed by atoms with Crippen molar-refractivity contribution in [3.8, 4) is 0 Å². The van der Waals surface area contributed by atoms with E-state index in [4.69, 9.17) is 4.74 Å². The van der Waals surface area contributed by atoms with Gasteiger partial charge >= 0.3 is 0 Å². The highest BCUT2D eigenvalue weighted by atomic mass is 16.5. The molecule has 0 amide bonds. The van der Waals surface area contributed by atoms with Gasteiger partial charge in [0.25, 0.3) is 0 Å². The number of piperazine rings is 1. The number of aliphatic hydroxyl groups is 1. The topological polar surface area (TPSA) is 48.8 Å². The number of hydrogen-bond donors (Lipinski definition) is 1. The second-order valence-corrected chi connectivity index (χ2v) is 6.01. The van der Waals surface area contributed by atoms with Crippen molar-refractivity contribution in [3.63, 3.8) is 0 Å². The Bertz CT molecular complexity index is 394. The van der Waals surface area contributed by atoms with Gasteiger partial charge in [-0.05, 0) is 24.1 Å². The molecule has 1 fully saturated rings. The zero-order valence-electron chi connectivity index (χ0n) is 13.7. The predicted octanol–water partition coefficient (Wildman–Crippen LogP) is 1.38. The maximum atomic E-state index is 10.0. The zero-order valence-corrected chi connectivity index (χ0v) is 13.7. The number of rotatable bonds is 9. The van der Waals surface area contributed by atoms with Crippen LogP contribution in [-0.4, -0.2) is 71.9 Å². The van der Waals surface area contributed by atoms with Crippen molar-refractivity contribution in [1.82, 2.24) is 14.8 Å². The third-order valence-electron chi connectivity index (χ3n) is 4.04. The van der Waals surface area contributed by atoms with Gasteiger partial charge in [0.1, 0.15) is 0 Å². The summed E-state index contributed by atoms with van der Waals surface area (Å²) in [4.78, 5) is 8.84. The van der Waals surface area contributed by atoms with E-state index in [1.54, 1.807) is 0 Å². The number of unbranched alkanes of at least 4 members (excludes halogenated alkanes) is 1. The largest absolute Gasteiger partial charge is 0.389 e. The first-order valence-corrected chi connectivity index (χ1v) is 8.37. The molecule has 124 valence electrons. The van der Waals surface area contributed by atoms with Crippen LogP contribution in [0.2, 0.25) is 0 Å². The van der Waals surface area contributed by atoms with Crippen LogP contribution in [0.25, 0.3) is 0 Å². The van der Waals surface area contributed by atoms with Crippen molar-refractivity contribution < 1.29 is 9.84 Å². The Balaban J connectivity index is 1.60. The molecule has 22 heavy (non-hydrogen) atoms. The van der Waals surface area contributed by atoms with E-state index in [1.807, 2.05) is 12.4 Å². The molecular weight excluding hydrogens is 278 g/mol. The molecule has 0 spiro atoms. The average molecular weight is 307 g/mol.